The second-order valence-electron chi connectivity index (χ2n) is 3.45. The van der Waals surface area contributed by atoms with Gasteiger partial charge in [-0.15, -0.1) is 0 Å². The maximum Gasteiger partial charge on any atom is 0.119 e. The average Bonchev–Trinajstić information content (AvgIpc) is 2.03. The van der Waals surface area contributed by atoms with Gasteiger partial charge in [0.25, 0.3) is 0 Å². The standard InChI is InChI=1S/C9H16BNO/c1-11(2)8-5-4-7(10)6-9(8)12-3/h4-5,7H,6,10H2,1-3H3/t7-/m1/s1. The summed E-state index contributed by atoms with van der Waals surface area (Å²) in [6.07, 6.45) is 5.37. The highest BCUT2D eigenvalue weighted by Crippen LogP contribution is 2.26. The SMILES string of the molecule is B[C@@H]1C=CC(N(C)C)=C(OC)C1. The molecule has 1 aliphatic rings. The zero-order valence-corrected chi connectivity index (χ0v) is 8.29. The van der Waals surface area contributed by atoms with Gasteiger partial charge in [0, 0.05) is 20.5 Å². The summed E-state index contributed by atoms with van der Waals surface area (Å²) in [5, 5.41) is 0. The molecule has 2 nitrogen and oxygen atoms in total. The van der Waals surface area contributed by atoms with Crippen LogP contribution in [0.4, 0.5) is 0 Å². The Hall–Kier alpha value is -0.855. The highest BCUT2D eigenvalue weighted by molar-refractivity contribution is 6.13. The Morgan fingerprint density at radius 2 is 2.25 bits per heavy atom. The minimum Gasteiger partial charge on any atom is -0.499 e. The van der Waals surface area contributed by atoms with Crippen molar-refractivity contribution in [1.29, 1.82) is 0 Å². The van der Waals surface area contributed by atoms with Crippen molar-refractivity contribution >= 4 is 7.85 Å². The summed E-state index contributed by atoms with van der Waals surface area (Å²) in [7, 11) is 8.01. The van der Waals surface area contributed by atoms with E-state index >= 15 is 0 Å². The fourth-order valence-corrected chi connectivity index (χ4v) is 1.40. The van der Waals surface area contributed by atoms with Crippen LogP contribution in [0.3, 0.4) is 0 Å². The van der Waals surface area contributed by atoms with E-state index in [-0.39, 0.29) is 0 Å². The molecule has 1 rings (SSSR count). The molecule has 0 fully saturated rings. The van der Waals surface area contributed by atoms with Gasteiger partial charge in [0.1, 0.15) is 13.6 Å². The van der Waals surface area contributed by atoms with E-state index in [9.17, 15) is 0 Å². The topological polar surface area (TPSA) is 12.5 Å². The van der Waals surface area contributed by atoms with Crippen molar-refractivity contribution in [3.8, 4) is 0 Å². The van der Waals surface area contributed by atoms with E-state index in [2.05, 4.69) is 24.9 Å². The maximum atomic E-state index is 5.32. The number of methoxy groups -OCH3 is 1. The predicted molar refractivity (Wildman–Crippen MR) is 53.8 cm³/mol. The van der Waals surface area contributed by atoms with Crippen LogP contribution in [-0.2, 0) is 4.74 Å². The molecule has 0 amide bonds. The van der Waals surface area contributed by atoms with Crippen LogP contribution in [0, 0.1) is 0 Å². The first kappa shape index (κ1) is 9.23. The molecule has 0 bridgehead atoms. The van der Waals surface area contributed by atoms with Gasteiger partial charge in [-0.05, 0) is 11.9 Å². The molecule has 1 atom stereocenters. The summed E-state index contributed by atoms with van der Waals surface area (Å²) in [4.78, 5) is 2.08. The van der Waals surface area contributed by atoms with E-state index in [1.165, 1.54) is 5.70 Å². The summed E-state index contributed by atoms with van der Waals surface area (Å²) in [6, 6.07) is 0. The highest BCUT2D eigenvalue weighted by atomic mass is 16.5. The first-order chi connectivity index (χ1) is 5.65. The molecule has 3 heteroatoms. The number of likely N-dealkylation sites (N-methyl/N-ethyl adjacent to an activating group) is 1. The largest absolute Gasteiger partial charge is 0.499 e. The number of hydrogen-bond donors (Lipinski definition) is 0. The van der Waals surface area contributed by atoms with E-state index in [1.807, 2.05) is 14.1 Å². The molecule has 66 valence electrons. The van der Waals surface area contributed by atoms with E-state index < -0.39 is 0 Å². The molecule has 0 spiro atoms. The van der Waals surface area contributed by atoms with Crippen molar-refractivity contribution < 1.29 is 4.74 Å². The van der Waals surface area contributed by atoms with Gasteiger partial charge in [0.15, 0.2) is 0 Å². The normalized spacial score (nSPS) is 22.8. The smallest absolute Gasteiger partial charge is 0.119 e. The van der Waals surface area contributed by atoms with Gasteiger partial charge < -0.3 is 9.64 Å². The van der Waals surface area contributed by atoms with Crippen molar-refractivity contribution in [2.75, 3.05) is 21.2 Å². The summed E-state index contributed by atoms with van der Waals surface area (Å²) in [5.41, 5.74) is 1.19. The molecule has 0 unspecified atom stereocenters. The summed E-state index contributed by atoms with van der Waals surface area (Å²) in [5.74, 6) is 1.69. The molecule has 12 heavy (non-hydrogen) atoms. The van der Waals surface area contributed by atoms with E-state index in [0.717, 1.165) is 12.2 Å². The van der Waals surface area contributed by atoms with Crippen LogP contribution in [0.15, 0.2) is 23.6 Å². The van der Waals surface area contributed by atoms with Gasteiger partial charge in [-0.25, -0.2) is 0 Å². The molecule has 0 aromatic rings. The zero-order valence-electron chi connectivity index (χ0n) is 8.29. The Bertz CT molecular complexity index is 221. The molecule has 0 aliphatic heterocycles. The van der Waals surface area contributed by atoms with Crippen molar-refractivity contribution in [3.63, 3.8) is 0 Å². The number of hydrogen-bond acceptors (Lipinski definition) is 2. The van der Waals surface area contributed by atoms with E-state index in [1.54, 1.807) is 7.11 Å². The molecule has 0 N–H and O–H groups in total. The van der Waals surface area contributed by atoms with Crippen LogP contribution in [-0.4, -0.2) is 34.0 Å². The Kier molecular flexibility index (Phi) is 2.85. The molecule has 0 saturated carbocycles. The van der Waals surface area contributed by atoms with Crippen molar-refractivity contribution in [2.24, 2.45) is 0 Å². The maximum absolute atomic E-state index is 5.32. The molecule has 0 aromatic carbocycles. The molecule has 0 saturated heterocycles. The molecule has 0 heterocycles. The quantitative estimate of drug-likeness (QED) is 0.561. The fraction of sp³-hybridized carbons (Fsp3) is 0.556. The third-order valence-corrected chi connectivity index (χ3v) is 2.10. The zero-order chi connectivity index (χ0) is 9.14. The Labute approximate surface area is 75.3 Å². The third kappa shape index (κ3) is 1.84. The van der Waals surface area contributed by atoms with Crippen LogP contribution in [0.5, 0.6) is 0 Å². The minimum absolute atomic E-state index is 0.601. The van der Waals surface area contributed by atoms with Gasteiger partial charge in [-0.2, -0.15) is 0 Å². The Morgan fingerprint density at radius 3 is 2.75 bits per heavy atom. The van der Waals surface area contributed by atoms with E-state index in [0.29, 0.717) is 5.82 Å². The number of nitrogens with zero attached hydrogens (tertiary/aromatic N) is 1. The lowest BCUT2D eigenvalue weighted by atomic mass is 9.81. The second kappa shape index (κ2) is 3.70. The monoisotopic (exact) mass is 165 g/mol. The first-order valence-electron chi connectivity index (χ1n) is 4.27. The van der Waals surface area contributed by atoms with Gasteiger partial charge in [-0.3, -0.25) is 0 Å². The van der Waals surface area contributed by atoms with Crippen molar-refractivity contribution in [2.45, 2.75) is 12.2 Å². The second-order valence-corrected chi connectivity index (χ2v) is 3.45. The van der Waals surface area contributed by atoms with Crippen LogP contribution in [0.1, 0.15) is 6.42 Å². The Balaban J connectivity index is 2.85. The van der Waals surface area contributed by atoms with Crippen molar-refractivity contribution in [3.05, 3.63) is 23.6 Å². The van der Waals surface area contributed by atoms with Crippen LogP contribution in [0.2, 0.25) is 5.82 Å². The molecular formula is C9H16BNO. The van der Waals surface area contributed by atoms with Gasteiger partial charge in [0.05, 0.1) is 12.8 Å². The third-order valence-electron chi connectivity index (χ3n) is 2.10. The fourth-order valence-electron chi connectivity index (χ4n) is 1.40. The van der Waals surface area contributed by atoms with Crippen LogP contribution in [0.25, 0.3) is 0 Å². The summed E-state index contributed by atoms with van der Waals surface area (Å²) in [6.45, 7) is 0. The lowest BCUT2D eigenvalue weighted by Crippen LogP contribution is -2.16. The predicted octanol–water partition coefficient (Wildman–Crippen LogP) is 0.787. The van der Waals surface area contributed by atoms with Crippen LogP contribution >= 0.6 is 0 Å². The van der Waals surface area contributed by atoms with Gasteiger partial charge >= 0.3 is 0 Å². The number of ether oxygens (including phenoxy) is 1. The average molecular weight is 165 g/mol. The highest BCUT2D eigenvalue weighted by Gasteiger charge is 2.14. The lowest BCUT2D eigenvalue weighted by Gasteiger charge is -2.23. The number of allylic oxidation sites excluding steroid dienone is 3. The van der Waals surface area contributed by atoms with E-state index in [4.69, 9.17) is 4.74 Å². The molecule has 1 aliphatic carbocycles. The van der Waals surface area contributed by atoms with Crippen molar-refractivity contribution in [1.82, 2.24) is 4.90 Å². The molecular weight excluding hydrogens is 149 g/mol. The van der Waals surface area contributed by atoms with Gasteiger partial charge in [0.2, 0.25) is 0 Å². The lowest BCUT2D eigenvalue weighted by molar-refractivity contribution is 0.260. The first-order valence-corrected chi connectivity index (χ1v) is 4.27. The summed E-state index contributed by atoms with van der Waals surface area (Å²) >= 11 is 0. The number of rotatable bonds is 2. The minimum atomic E-state index is 0.601. The summed E-state index contributed by atoms with van der Waals surface area (Å²) < 4.78 is 5.32. The van der Waals surface area contributed by atoms with Gasteiger partial charge in [-0.1, -0.05) is 6.08 Å². The molecule has 0 radical (unpaired) electrons. The van der Waals surface area contributed by atoms with Crippen LogP contribution < -0.4 is 0 Å². The molecule has 0 aromatic heterocycles. The Morgan fingerprint density at radius 1 is 1.58 bits per heavy atom.